The van der Waals surface area contributed by atoms with Crippen molar-refractivity contribution >= 4 is 0 Å². The van der Waals surface area contributed by atoms with Crippen LogP contribution in [0.15, 0.2) is 30.3 Å². The van der Waals surface area contributed by atoms with Gasteiger partial charge in [0, 0.05) is 11.6 Å². The van der Waals surface area contributed by atoms with Gasteiger partial charge in [0.25, 0.3) is 0 Å². The van der Waals surface area contributed by atoms with E-state index >= 15 is 0 Å². The summed E-state index contributed by atoms with van der Waals surface area (Å²) in [5.74, 6) is -0.795. The van der Waals surface area contributed by atoms with E-state index in [9.17, 15) is 8.78 Å². The van der Waals surface area contributed by atoms with E-state index in [1.54, 1.807) is 13.8 Å². The summed E-state index contributed by atoms with van der Waals surface area (Å²) >= 11 is 0. The molecule has 108 valence electrons. The number of nitrogens with two attached hydrogens (primary N) is 1. The Hall–Kier alpha value is -2.45. The second-order valence-corrected chi connectivity index (χ2v) is 4.79. The number of nitriles is 1. The smallest absolute Gasteiger partial charge is 0.167 e. The number of rotatable bonds is 3. The van der Waals surface area contributed by atoms with Crippen molar-refractivity contribution in [1.29, 1.82) is 5.26 Å². The van der Waals surface area contributed by atoms with Crippen LogP contribution in [-0.4, -0.2) is 0 Å². The van der Waals surface area contributed by atoms with Gasteiger partial charge in [-0.05, 0) is 49.7 Å². The molecule has 0 aliphatic rings. The third-order valence-corrected chi connectivity index (χ3v) is 3.06. The zero-order valence-corrected chi connectivity index (χ0v) is 11.7. The molecule has 0 heterocycles. The summed E-state index contributed by atoms with van der Waals surface area (Å²) < 4.78 is 33.0. The Labute approximate surface area is 121 Å². The fourth-order valence-corrected chi connectivity index (χ4v) is 1.89. The van der Waals surface area contributed by atoms with Crippen molar-refractivity contribution in [2.45, 2.75) is 19.9 Å². The lowest BCUT2D eigenvalue weighted by Gasteiger charge is -2.15. The Bertz CT molecular complexity index is 721. The lowest BCUT2D eigenvalue weighted by molar-refractivity contribution is 0.432. The molecule has 0 amide bonds. The molecule has 0 radical (unpaired) electrons. The molecule has 3 nitrogen and oxygen atoms in total. The Kier molecular flexibility index (Phi) is 4.20. The third-order valence-electron chi connectivity index (χ3n) is 3.06. The maximum atomic E-state index is 13.9. The van der Waals surface area contributed by atoms with E-state index in [1.807, 2.05) is 6.07 Å². The van der Waals surface area contributed by atoms with E-state index in [0.29, 0.717) is 16.9 Å². The van der Waals surface area contributed by atoms with Gasteiger partial charge in [0.1, 0.15) is 11.6 Å². The quantitative estimate of drug-likeness (QED) is 0.930. The highest BCUT2D eigenvalue weighted by Gasteiger charge is 2.15. The lowest BCUT2D eigenvalue weighted by Crippen LogP contribution is -2.08. The first-order valence-electron chi connectivity index (χ1n) is 6.35. The number of benzene rings is 2. The van der Waals surface area contributed by atoms with Crippen LogP contribution in [0.3, 0.4) is 0 Å². The molecule has 2 N–H and O–H groups in total. The molecule has 0 aliphatic heterocycles. The van der Waals surface area contributed by atoms with Crippen LogP contribution in [0.2, 0.25) is 0 Å². The number of hydrogen-bond acceptors (Lipinski definition) is 3. The monoisotopic (exact) mass is 288 g/mol. The predicted molar refractivity (Wildman–Crippen MR) is 74.9 cm³/mol. The summed E-state index contributed by atoms with van der Waals surface area (Å²) in [6.07, 6.45) is 0. The highest BCUT2D eigenvalue weighted by Crippen LogP contribution is 2.32. The number of aryl methyl sites for hydroxylation is 1. The summed E-state index contributed by atoms with van der Waals surface area (Å²) in [7, 11) is 0. The van der Waals surface area contributed by atoms with E-state index in [0.717, 1.165) is 6.07 Å². The van der Waals surface area contributed by atoms with Gasteiger partial charge in [-0.3, -0.25) is 0 Å². The molecule has 2 aromatic carbocycles. The molecule has 1 atom stereocenters. The van der Waals surface area contributed by atoms with Crippen molar-refractivity contribution in [1.82, 2.24) is 0 Å². The van der Waals surface area contributed by atoms with Gasteiger partial charge in [0.2, 0.25) is 0 Å². The van der Waals surface area contributed by atoms with Crippen LogP contribution in [-0.2, 0) is 0 Å². The van der Waals surface area contributed by atoms with Gasteiger partial charge >= 0.3 is 0 Å². The van der Waals surface area contributed by atoms with Gasteiger partial charge in [-0.2, -0.15) is 5.26 Å². The molecular weight excluding hydrogens is 274 g/mol. The number of halogens is 2. The molecule has 2 rings (SSSR count). The molecule has 5 heteroatoms. The maximum absolute atomic E-state index is 13.9. The minimum atomic E-state index is -0.661. The number of hydrogen-bond donors (Lipinski definition) is 1. The highest BCUT2D eigenvalue weighted by atomic mass is 19.1. The van der Waals surface area contributed by atoms with Crippen molar-refractivity contribution in [3.63, 3.8) is 0 Å². The summed E-state index contributed by atoms with van der Waals surface area (Å²) in [5.41, 5.74) is 6.81. The molecule has 2 aromatic rings. The zero-order valence-electron chi connectivity index (χ0n) is 11.7. The average Bonchev–Trinajstić information content (AvgIpc) is 2.44. The molecule has 0 aliphatic carbocycles. The van der Waals surface area contributed by atoms with E-state index in [-0.39, 0.29) is 11.3 Å². The van der Waals surface area contributed by atoms with E-state index < -0.39 is 17.7 Å². The Balaban J connectivity index is 2.44. The summed E-state index contributed by atoms with van der Waals surface area (Å²) in [6.45, 7) is 3.27. The third kappa shape index (κ3) is 3.18. The van der Waals surface area contributed by atoms with Gasteiger partial charge in [-0.15, -0.1) is 0 Å². The van der Waals surface area contributed by atoms with Crippen LogP contribution in [0.25, 0.3) is 0 Å². The normalized spacial score (nSPS) is 11.8. The van der Waals surface area contributed by atoms with Gasteiger partial charge in [0.15, 0.2) is 11.6 Å². The standard InChI is InChI=1S/C16H14F2N2O/c1-9-5-16(12(10(2)20)7-13(9)17)21-15-4-3-11(8-19)6-14(15)18/h3-7,10H,20H2,1-2H3/t10-/m1/s1. The zero-order chi connectivity index (χ0) is 15.6. The van der Waals surface area contributed by atoms with Crippen molar-refractivity contribution in [3.8, 4) is 17.6 Å². The van der Waals surface area contributed by atoms with Crippen molar-refractivity contribution in [2.24, 2.45) is 5.73 Å². The molecule has 0 spiro atoms. The Morgan fingerprint density at radius 1 is 1.14 bits per heavy atom. The second kappa shape index (κ2) is 5.90. The molecule has 0 unspecified atom stereocenters. The van der Waals surface area contributed by atoms with Crippen LogP contribution in [0.5, 0.6) is 11.5 Å². The fraction of sp³-hybridized carbons (Fsp3) is 0.188. The Morgan fingerprint density at radius 3 is 2.43 bits per heavy atom. The van der Waals surface area contributed by atoms with Gasteiger partial charge in [0.05, 0.1) is 11.6 Å². The fourth-order valence-electron chi connectivity index (χ4n) is 1.89. The van der Waals surface area contributed by atoms with Gasteiger partial charge in [-0.1, -0.05) is 0 Å². The van der Waals surface area contributed by atoms with Crippen molar-refractivity contribution in [2.75, 3.05) is 0 Å². The van der Waals surface area contributed by atoms with E-state index in [1.165, 1.54) is 24.3 Å². The van der Waals surface area contributed by atoms with Crippen molar-refractivity contribution in [3.05, 3.63) is 58.7 Å². The van der Waals surface area contributed by atoms with Crippen molar-refractivity contribution < 1.29 is 13.5 Å². The first-order chi connectivity index (χ1) is 9.92. The minimum Gasteiger partial charge on any atom is -0.454 e. The molecule has 0 saturated carbocycles. The second-order valence-electron chi connectivity index (χ2n) is 4.79. The SMILES string of the molecule is Cc1cc(Oc2ccc(C#N)cc2F)c([C@@H](C)N)cc1F. The van der Waals surface area contributed by atoms with Gasteiger partial charge in [-0.25, -0.2) is 8.78 Å². The molecule has 0 bridgehead atoms. The topological polar surface area (TPSA) is 59.0 Å². The minimum absolute atomic E-state index is 0.0399. The van der Waals surface area contributed by atoms with E-state index in [2.05, 4.69) is 0 Å². The maximum Gasteiger partial charge on any atom is 0.167 e. The number of nitrogens with zero attached hydrogens (tertiary/aromatic N) is 1. The summed E-state index contributed by atoms with van der Waals surface area (Å²) in [6, 6.07) is 8.03. The molecule has 0 aromatic heterocycles. The first-order valence-corrected chi connectivity index (χ1v) is 6.35. The predicted octanol–water partition coefficient (Wildman–Crippen LogP) is 3.96. The lowest BCUT2D eigenvalue weighted by atomic mass is 10.0. The molecule has 21 heavy (non-hydrogen) atoms. The van der Waals surface area contributed by atoms with Gasteiger partial charge < -0.3 is 10.5 Å². The average molecular weight is 288 g/mol. The summed E-state index contributed by atoms with van der Waals surface area (Å²) in [5, 5.41) is 8.71. The van der Waals surface area contributed by atoms with Crippen LogP contribution in [0, 0.1) is 29.9 Å². The van der Waals surface area contributed by atoms with Crippen LogP contribution in [0.4, 0.5) is 8.78 Å². The summed E-state index contributed by atoms with van der Waals surface area (Å²) in [4.78, 5) is 0. The number of ether oxygens (including phenoxy) is 1. The van der Waals surface area contributed by atoms with E-state index in [4.69, 9.17) is 15.7 Å². The molecule has 0 saturated heterocycles. The van der Waals surface area contributed by atoms with Crippen LogP contribution >= 0.6 is 0 Å². The van der Waals surface area contributed by atoms with Crippen LogP contribution in [0.1, 0.15) is 29.7 Å². The molecular formula is C16H14F2N2O. The first kappa shape index (κ1) is 14.9. The largest absolute Gasteiger partial charge is 0.454 e. The highest BCUT2D eigenvalue weighted by molar-refractivity contribution is 5.44. The Morgan fingerprint density at radius 2 is 1.86 bits per heavy atom. The molecule has 0 fully saturated rings. The van der Waals surface area contributed by atoms with Crippen LogP contribution < -0.4 is 10.5 Å².